The van der Waals surface area contributed by atoms with Gasteiger partial charge in [-0.05, 0) is 11.1 Å². The summed E-state index contributed by atoms with van der Waals surface area (Å²) in [7, 11) is 1.57. The fourth-order valence-electron chi connectivity index (χ4n) is 2.83. The summed E-state index contributed by atoms with van der Waals surface area (Å²) in [4.78, 5) is 24.1. The number of hydrogen-bond acceptors (Lipinski definition) is 5. The molecule has 7 nitrogen and oxygen atoms in total. The first kappa shape index (κ1) is 23.9. The van der Waals surface area contributed by atoms with Gasteiger partial charge in [0, 0.05) is 45.3 Å². The molecule has 1 amide bonds. The number of alkyl carbamates (subject to hydrolysis) is 1. The smallest absolute Gasteiger partial charge is 0.377 e. The maximum Gasteiger partial charge on any atom is 0.377 e. The van der Waals surface area contributed by atoms with Crippen LogP contribution < -0.4 is 10.9 Å². The maximum atomic E-state index is 12.4. The Hall–Kier alpha value is -2.35. The summed E-state index contributed by atoms with van der Waals surface area (Å²) in [5.74, 6) is 0. The number of hydrogen-bond donors (Lipinski definition) is 2. The molecular formula is C22H22N3O4Y-. The van der Waals surface area contributed by atoms with E-state index in [4.69, 9.17) is 4.74 Å². The number of benzene rings is 2. The van der Waals surface area contributed by atoms with Gasteiger partial charge in [0.25, 0.3) is 5.56 Å². The molecule has 0 saturated carbocycles. The van der Waals surface area contributed by atoms with Gasteiger partial charge < -0.3 is 15.2 Å². The third-order valence-corrected chi connectivity index (χ3v) is 4.40. The first-order valence-electron chi connectivity index (χ1n) is 9.12. The van der Waals surface area contributed by atoms with Crippen molar-refractivity contribution in [3.63, 3.8) is 0 Å². The van der Waals surface area contributed by atoms with Crippen molar-refractivity contribution >= 4 is 6.09 Å². The maximum absolute atomic E-state index is 12.4. The van der Waals surface area contributed by atoms with E-state index in [1.54, 1.807) is 13.6 Å². The Kier molecular flexibility index (Phi) is 9.36. The van der Waals surface area contributed by atoms with Gasteiger partial charge in [-0.25, -0.2) is 16.0 Å². The number of aryl methyl sites for hydroxylation is 1. The first-order valence-corrected chi connectivity index (χ1v) is 9.12. The minimum atomic E-state index is -0.515. The van der Waals surface area contributed by atoms with Crippen LogP contribution in [0.1, 0.15) is 16.7 Å². The van der Waals surface area contributed by atoms with Crippen LogP contribution in [0, 0.1) is 6.54 Å². The second kappa shape index (κ2) is 11.7. The normalized spacial score (nSPS) is 10.2. The molecule has 0 aliphatic carbocycles. The average molecular weight is 481 g/mol. The van der Waals surface area contributed by atoms with Crippen molar-refractivity contribution in [1.29, 1.82) is 0 Å². The van der Waals surface area contributed by atoms with Gasteiger partial charge >= 0.3 is 6.09 Å². The third-order valence-electron chi connectivity index (χ3n) is 4.40. The number of ether oxygens (including phenoxy) is 1. The van der Waals surface area contributed by atoms with Gasteiger partial charge in [-0.1, -0.05) is 60.2 Å². The monoisotopic (exact) mass is 481 g/mol. The Balaban J connectivity index is 0.00000320. The van der Waals surface area contributed by atoms with Crippen molar-refractivity contribution < 1.29 is 47.3 Å². The van der Waals surface area contributed by atoms with Crippen molar-refractivity contribution in [3.05, 3.63) is 94.4 Å². The topological polar surface area (TPSA) is 93.5 Å². The molecular weight excluding hydrogens is 459 g/mol. The zero-order valence-corrected chi connectivity index (χ0v) is 19.5. The zero-order valence-electron chi connectivity index (χ0n) is 16.6. The van der Waals surface area contributed by atoms with Crippen molar-refractivity contribution in [3.8, 4) is 11.1 Å². The van der Waals surface area contributed by atoms with E-state index in [0.29, 0.717) is 23.1 Å². The number of amides is 1. The molecule has 0 unspecified atom stereocenters. The minimum Gasteiger partial charge on any atom is -0.470 e. The minimum absolute atomic E-state index is 0. The summed E-state index contributed by atoms with van der Waals surface area (Å²) in [5, 5.41) is 16.0. The van der Waals surface area contributed by atoms with Crippen molar-refractivity contribution in [2.75, 3.05) is 0 Å². The predicted molar refractivity (Wildman–Crippen MR) is 109 cm³/mol. The van der Waals surface area contributed by atoms with Crippen LogP contribution in [0.25, 0.3) is 11.1 Å². The molecule has 0 aliphatic rings. The summed E-state index contributed by atoms with van der Waals surface area (Å²) in [6.45, 7) is 1.57. The van der Waals surface area contributed by atoms with Crippen LogP contribution >= 0.6 is 0 Å². The van der Waals surface area contributed by atoms with Gasteiger partial charge in [-0.15, -0.1) is 6.42 Å². The number of carbonyl (C=O) groups is 1. The first-order chi connectivity index (χ1) is 14.1. The van der Waals surface area contributed by atoms with Crippen molar-refractivity contribution in [1.82, 2.24) is 15.1 Å². The van der Waals surface area contributed by atoms with Gasteiger partial charge in [-0.2, -0.15) is 5.10 Å². The third kappa shape index (κ3) is 6.32. The van der Waals surface area contributed by atoms with E-state index in [1.165, 1.54) is 10.9 Å². The Morgan fingerprint density at radius 2 is 1.83 bits per heavy atom. The molecule has 2 N–H and O–H groups in total. The van der Waals surface area contributed by atoms with Crippen LogP contribution in [0.15, 0.2) is 65.6 Å². The number of aliphatic hydroxyl groups is 1. The molecule has 0 aliphatic heterocycles. The molecule has 1 radical (unpaired) electrons. The molecule has 0 fully saturated rings. The molecule has 0 saturated heterocycles. The SMILES string of the molecule is Cn1ncc(CO)c(-c2ccc(C[CH-]NC(=O)OCc3ccccc3)cc2)c1=O.[Y]. The number of nitrogens with one attached hydrogen (secondary N) is 1. The van der Waals surface area contributed by atoms with Crippen LogP contribution in [0.5, 0.6) is 0 Å². The molecule has 3 aromatic rings. The van der Waals surface area contributed by atoms with Crippen LogP contribution in [-0.4, -0.2) is 21.0 Å². The average Bonchev–Trinajstić information content (AvgIpc) is 2.75. The molecule has 0 atom stereocenters. The quantitative estimate of drug-likeness (QED) is 0.506. The Labute approximate surface area is 200 Å². The second-order valence-electron chi connectivity index (χ2n) is 6.44. The Bertz CT molecular complexity index is 1020. The number of nitrogens with zero attached hydrogens (tertiary/aromatic N) is 2. The van der Waals surface area contributed by atoms with E-state index in [9.17, 15) is 14.7 Å². The molecule has 1 aromatic heterocycles. The second-order valence-corrected chi connectivity index (χ2v) is 6.44. The van der Waals surface area contributed by atoms with E-state index < -0.39 is 6.09 Å². The summed E-state index contributed by atoms with van der Waals surface area (Å²) in [5.41, 5.74) is 3.23. The summed E-state index contributed by atoms with van der Waals surface area (Å²) in [6, 6.07) is 16.8. The number of aromatic nitrogens is 2. The molecule has 1 heterocycles. The van der Waals surface area contributed by atoms with Gasteiger partial charge in [0.05, 0.1) is 18.4 Å². The number of carbonyl (C=O) groups excluding carboxylic acids is 1. The molecule has 153 valence electrons. The molecule has 30 heavy (non-hydrogen) atoms. The fraction of sp³-hybridized carbons (Fsp3) is 0.182. The number of aliphatic hydroxyl groups excluding tert-OH is 1. The Morgan fingerprint density at radius 3 is 2.50 bits per heavy atom. The Morgan fingerprint density at radius 1 is 1.13 bits per heavy atom. The van der Waals surface area contributed by atoms with E-state index in [2.05, 4.69) is 10.4 Å². The summed E-state index contributed by atoms with van der Waals surface area (Å²) >= 11 is 0. The van der Waals surface area contributed by atoms with Crippen molar-refractivity contribution in [2.45, 2.75) is 19.6 Å². The summed E-state index contributed by atoms with van der Waals surface area (Å²) in [6.07, 6.45) is 1.48. The van der Waals surface area contributed by atoms with Gasteiger partial charge in [0.15, 0.2) is 0 Å². The molecule has 8 heteroatoms. The van der Waals surface area contributed by atoms with Gasteiger partial charge in [0.1, 0.15) is 6.61 Å². The van der Waals surface area contributed by atoms with E-state index in [-0.39, 0.29) is 51.5 Å². The number of rotatable bonds is 7. The molecule has 0 bridgehead atoms. The van der Waals surface area contributed by atoms with Crippen LogP contribution in [-0.2, 0) is 64.1 Å². The molecule has 2 aromatic carbocycles. The molecule has 3 rings (SSSR count). The van der Waals surface area contributed by atoms with Crippen LogP contribution in [0.3, 0.4) is 0 Å². The standard InChI is InChI=1S/C22H22N3O4.Y/c1-25-21(27)20(19(14-26)13-24-25)18-9-7-16(8-10-18)11-12-23-22(28)29-15-17-5-3-2-4-6-17;/h2-10,12-13,26H,11,14-15H2,1H3,(H,23,28);/q-1;. The van der Waals surface area contributed by atoms with Gasteiger partial charge in [-0.3, -0.25) is 4.79 Å². The van der Waals surface area contributed by atoms with Crippen LogP contribution in [0.4, 0.5) is 4.79 Å². The van der Waals surface area contributed by atoms with Gasteiger partial charge in [0.2, 0.25) is 0 Å². The largest absolute Gasteiger partial charge is 0.470 e. The van der Waals surface area contributed by atoms with Crippen LogP contribution in [0.2, 0.25) is 0 Å². The fourth-order valence-corrected chi connectivity index (χ4v) is 2.83. The molecule has 0 spiro atoms. The summed E-state index contributed by atoms with van der Waals surface area (Å²) < 4.78 is 6.38. The van der Waals surface area contributed by atoms with Crippen molar-refractivity contribution in [2.24, 2.45) is 7.05 Å². The zero-order chi connectivity index (χ0) is 20.6. The van der Waals surface area contributed by atoms with E-state index in [0.717, 1.165) is 11.1 Å². The van der Waals surface area contributed by atoms with E-state index >= 15 is 0 Å². The van der Waals surface area contributed by atoms with E-state index in [1.807, 2.05) is 54.6 Å². The predicted octanol–water partition coefficient (Wildman–Crippen LogP) is 2.57.